The molecule has 1 aromatic heterocycles. The van der Waals surface area contributed by atoms with Gasteiger partial charge in [0.15, 0.2) is 18.1 Å². The first kappa shape index (κ1) is 22.1. The quantitative estimate of drug-likeness (QED) is 0.712. The fraction of sp³-hybridized carbons (Fsp3) is 0.368. The van der Waals surface area contributed by atoms with Crippen molar-refractivity contribution in [3.8, 4) is 23.1 Å². The Labute approximate surface area is 165 Å². The van der Waals surface area contributed by atoms with E-state index in [1.807, 2.05) is 0 Å². The fourth-order valence-corrected chi connectivity index (χ4v) is 2.54. The van der Waals surface area contributed by atoms with Crippen LogP contribution in [0.15, 0.2) is 30.5 Å². The number of carbonyl (C=O) groups excluding carboxylic acids is 1. The summed E-state index contributed by atoms with van der Waals surface area (Å²) in [5.41, 5.74) is 0.519. The summed E-state index contributed by atoms with van der Waals surface area (Å²) >= 11 is 0. The summed E-state index contributed by atoms with van der Waals surface area (Å²) in [6.07, 6.45) is -3.31. The minimum Gasteiger partial charge on any atom is -0.493 e. The smallest absolute Gasteiger partial charge is 0.422 e. The normalized spacial score (nSPS) is 12.1. The molecule has 7 nitrogen and oxygen atoms in total. The third kappa shape index (κ3) is 5.66. The van der Waals surface area contributed by atoms with Crippen LogP contribution >= 0.6 is 0 Å². The molecule has 0 aliphatic heterocycles. The SMILES string of the molecule is COc1cc(C(C)NC(=O)c2cccnc2OCC(F)(F)F)cc(OC)c1OC. The van der Waals surface area contributed by atoms with Gasteiger partial charge in [-0.15, -0.1) is 0 Å². The highest BCUT2D eigenvalue weighted by atomic mass is 19.4. The van der Waals surface area contributed by atoms with Crippen LogP contribution in [0.4, 0.5) is 13.2 Å². The lowest BCUT2D eigenvalue weighted by Crippen LogP contribution is -2.28. The van der Waals surface area contributed by atoms with E-state index in [1.165, 1.54) is 39.7 Å². The summed E-state index contributed by atoms with van der Waals surface area (Å²) in [6, 6.07) is 5.55. The molecule has 0 radical (unpaired) electrons. The Morgan fingerprint density at radius 2 is 1.76 bits per heavy atom. The van der Waals surface area contributed by atoms with E-state index in [1.54, 1.807) is 19.1 Å². The third-order valence-electron chi connectivity index (χ3n) is 3.92. The van der Waals surface area contributed by atoms with E-state index in [2.05, 4.69) is 15.0 Å². The largest absolute Gasteiger partial charge is 0.493 e. The number of ether oxygens (including phenoxy) is 4. The first-order valence-corrected chi connectivity index (χ1v) is 8.45. The topological polar surface area (TPSA) is 78.9 Å². The van der Waals surface area contributed by atoms with Crippen LogP contribution in [0.2, 0.25) is 0 Å². The number of rotatable bonds is 8. The van der Waals surface area contributed by atoms with Crippen LogP contribution in [0.25, 0.3) is 0 Å². The predicted octanol–water partition coefficient (Wildman–Crippen LogP) is 3.54. The average molecular weight is 414 g/mol. The molecule has 1 heterocycles. The highest BCUT2D eigenvalue weighted by Gasteiger charge is 2.30. The second-order valence-corrected chi connectivity index (χ2v) is 5.91. The van der Waals surface area contributed by atoms with Gasteiger partial charge >= 0.3 is 6.18 Å². The number of hydrogen-bond acceptors (Lipinski definition) is 6. The molecular weight excluding hydrogens is 393 g/mol. The molecule has 0 saturated carbocycles. The molecule has 1 unspecified atom stereocenters. The number of amides is 1. The number of alkyl halides is 3. The summed E-state index contributed by atoms with van der Waals surface area (Å²) in [4.78, 5) is 16.3. The van der Waals surface area contributed by atoms with E-state index in [0.29, 0.717) is 22.8 Å². The van der Waals surface area contributed by atoms with Gasteiger partial charge in [-0.2, -0.15) is 13.2 Å². The summed E-state index contributed by atoms with van der Waals surface area (Å²) in [5.74, 6) is 0.153. The average Bonchev–Trinajstić information content (AvgIpc) is 2.70. The van der Waals surface area contributed by atoms with Crippen LogP contribution in [0.1, 0.15) is 28.9 Å². The van der Waals surface area contributed by atoms with Gasteiger partial charge in [0, 0.05) is 6.20 Å². The van der Waals surface area contributed by atoms with Crippen molar-refractivity contribution < 1.29 is 36.9 Å². The molecule has 1 aromatic carbocycles. The lowest BCUT2D eigenvalue weighted by molar-refractivity contribution is -0.154. The molecule has 0 spiro atoms. The second-order valence-electron chi connectivity index (χ2n) is 5.91. The zero-order valence-corrected chi connectivity index (χ0v) is 16.3. The van der Waals surface area contributed by atoms with Crippen molar-refractivity contribution in [2.45, 2.75) is 19.1 Å². The first-order valence-electron chi connectivity index (χ1n) is 8.45. The van der Waals surface area contributed by atoms with Crippen LogP contribution in [0.5, 0.6) is 23.1 Å². The molecule has 10 heteroatoms. The zero-order valence-electron chi connectivity index (χ0n) is 16.3. The van der Waals surface area contributed by atoms with Crippen molar-refractivity contribution in [3.05, 3.63) is 41.6 Å². The molecule has 1 N–H and O–H groups in total. The Bertz CT molecular complexity index is 833. The van der Waals surface area contributed by atoms with Crippen molar-refractivity contribution in [1.82, 2.24) is 10.3 Å². The molecule has 0 fully saturated rings. The molecule has 29 heavy (non-hydrogen) atoms. The summed E-state index contributed by atoms with van der Waals surface area (Å²) in [5, 5.41) is 2.70. The van der Waals surface area contributed by atoms with Gasteiger partial charge in [0.25, 0.3) is 5.91 Å². The highest BCUT2D eigenvalue weighted by molar-refractivity contribution is 5.96. The first-order chi connectivity index (χ1) is 13.7. The van der Waals surface area contributed by atoms with Crippen LogP contribution in [0.3, 0.4) is 0 Å². The number of nitrogens with zero attached hydrogens (tertiary/aromatic N) is 1. The Morgan fingerprint density at radius 1 is 1.14 bits per heavy atom. The number of carbonyl (C=O) groups is 1. The zero-order chi connectivity index (χ0) is 21.6. The van der Waals surface area contributed by atoms with Crippen molar-refractivity contribution in [2.24, 2.45) is 0 Å². The standard InChI is InChI=1S/C19H21F3N2O5/c1-11(12-8-14(26-2)16(28-4)15(9-12)27-3)24-17(25)13-6-5-7-23-18(13)29-10-19(20,21)22/h5-9,11H,10H2,1-4H3,(H,24,25). The summed E-state index contributed by atoms with van der Waals surface area (Å²) < 4.78 is 57.8. The number of pyridine rings is 1. The van der Waals surface area contributed by atoms with E-state index in [-0.39, 0.29) is 5.56 Å². The van der Waals surface area contributed by atoms with Gasteiger partial charge in [-0.25, -0.2) is 4.98 Å². The van der Waals surface area contributed by atoms with Gasteiger partial charge in [-0.1, -0.05) is 0 Å². The number of halogens is 3. The lowest BCUT2D eigenvalue weighted by Gasteiger charge is -2.19. The minimum absolute atomic E-state index is 0.115. The van der Waals surface area contributed by atoms with Gasteiger partial charge in [0.2, 0.25) is 11.6 Å². The van der Waals surface area contributed by atoms with Gasteiger partial charge in [0.1, 0.15) is 5.56 Å². The van der Waals surface area contributed by atoms with Crippen molar-refractivity contribution in [1.29, 1.82) is 0 Å². The number of benzene rings is 1. The van der Waals surface area contributed by atoms with Crippen LogP contribution in [-0.2, 0) is 0 Å². The van der Waals surface area contributed by atoms with Gasteiger partial charge in [-0.3, -0.25) is 4.79 Å². The van der Waals surface area contributed by atoms with Crippen LogP contribution < -0.4 is 24.3 Å². The molecule has 2 aromatic rings. The number of hydrogen-bond donors (Lipinski definition) is 1. The molecule has 1 amide bonds. The van der Waals surface area contributed by atoms with Gasteiger partial charge < -0.3 is 24.3 Å². The van der Waals surface area contributed by atoms with E-state index < -0.39 is 30.6 Å². The molecule has 0 aliphatic rings. The number of methoxy groups -OCH3 is 3. The monoisotopic (exact) mass is 414 g/mol. The van der Waals surface area contributed by atoms with Crippen LogP contribution in [0, 0.1) is 0 Å². The third-order valence-corrected chi connectivity index (χ3v) is 3.92. The molecule has 0 saturated heterocycles. The molecule has 0 aliphatic carbocycles. The fourth-order valence-electron chi connectivity index (χ4n) is 2.54. The number of aromatic nitrogens is 1. The molecule has 0 bridgehead atoms. The van der Waals surface area contributed by atoms with Crippen molar-refractivity contribution in [2.75, 3.05) is 27.9 Å². The maximum absolute atomic E-state index is 12.6. The molecule has 2 rings (SSSR count). The Hall–Kier alpha value is -3.17. The molecular formula is C19H21F3N2O5. The van der Waals surface area contributed by atoms with Gasteiger partial charge in [-0.05, 0) is 36.8 Å². The van der Waals surface area contributed by atoms with E-state index in [4.69, 9.17) is 14.2 Å². The molecule has 158 valence electrons. The van der Waals surface area contributed by atoms with E-state index in [9.17, 15) is 18.0 Å². The maximum Gasteiger partial charge on any atom is 0.422 e. The Balaban J connectivity index is 2.24. The highest BCUT2D eigenvalue weighted by Crippen LogP contribution is 2.39. The van der Waals surface area contributed by atoms with Crippen molar-refractivity contribution >= 4 is 5.91 Å². The number of nitrogens with one attached hydrogen (secondary N) is 1. The van der Waals surface area contributed by atoms with E-state index in [0.717, 1.165) is 0 Å². The van der Waals surface area contributed by atoms with Crippen LogP contribution in [-0.4, -0.2) is 45.0 Å². The van der Waals surface area contributed by atoms with E-state index >= 15 is 0 Å². The summed E-state index contributed by atoms with van der Waals surface area (Å²) in [7, 11) is 4.39. The lowest BCUT2D eigenvalue weighted by atomic mass is 10.1. The Morgan fingerprint density at radius 3 is 2.28 bits per heavy atom. The van der Waals surface area contributed by atoms with Gasteiger partial charge in [0.05, 0.1) is 27.4 Å². The predicted molar refractivity (Wildman–Crippen MR) is 97.8 cm³/mol. The minimum atomic E-state index is -4.55. The summed E-state index contributed by atoms with van der Waals surface area (Å²) in [6.45, 7) is 0.151. The second kappa shape index (κ2) is 9.35. The molecule has 1 atom stereocenters. The van der Waals surface area contributed by atoms with Crippen molar-refractivity contribution in [3.63, 3.8) is 0 Å². The maximum atomic E-state index is 12.6. The Kier molecular flexibility index (Phi) is 7.13.